The van der Waals surface area contributed by atoms with Crippen molar-refractivity contribution in [2.24, 2.45) is 0 Å². The van der Waals surface area contributed by atoms with E-state index < -0.39 is 15.7 Å². The molecule has 0 N–H and O–H groups in total. The van der Waals surface area contributed by atoms with Crippen LogP contribution in [0.5, 0.6) is 17.2 Å². The molecule has 0 saturated carbocycles. The summed E-state index contributed by atoms with van der Waals surface area (Å²) in [7, 11) is -1.08. The lowest BCUT2D eigenvalue weighted by Crippen LogP contribution is -2.09. The van der Waals surface area contributed by atoms with E-state index in [1.165, 1.54) is 62.8 Å². The quantitative estimate of drug-likeness (QED) is 0.248. The molecular weight excluding hydrogens is 460 g/mol. The van der Waals surface area contributed by atoms with Crippen molar-refractivity contribution in [3.8, 4) is 28.6 Å². The third-order valence-electron chi connectivity index (χ3n) is 5.26. The fraction of sp³-hybridized carbons (Fsp3) is 0.0800. The van der Waals surface area contributed by atoms with Gasteiger partial charge in [0, 0.05) is 22.4 Å². The zero-order valence-electron chi connectivity index (χ0n) is 18.1. The SMILES string of the molecule is COc1ccc(S(=O)(=O)Oc2ccc3oc(=O)cc(-c4cc5cccc(OC)c5o4)c3c2)cc1. The molecule has 0 amide bonds. The molecule has 0 aliphatic heterocycles. The van der Waals surface area contributed by atoms with Crippen molar-refractivity contribution in [2.75, 3.05) is 14.2 Å². The summed E-state index contributed by atoms with van der Waals surface area (Å²) in [4.78, 5) is 12.2. The van der Waals surface area contributed by atoms with Crippen LogP contribution in [0, 0.1) is 0 Å². The van der Waals surface area contributed by atoms with E-state index in [9.17, 15) is 13.2 Å². The second-order valence-electron chi connectivity index (χ2n) is 7.34. The number of rotatable bonds is 6. The third kappa shape index (κ3) is 3.86. The van der Waals surface area contributed by atoms with Crippen molar-refractivity contribution in [3.63, 3.8) is 0 Å². The molecule has 0 saturated heterocycles. The molecular formula is C25H18O8S. The first-order valence-corrected chi connectivity index (χ1v) is 11.5. The fourth-order valence-electron chi connectivity index (χ4n) is 3.64. The zero-order valence-corrected chi connectivity index (χ0v) is 18.9. The van der Waals surface area contributed by atoms with Gasteiger partial charge in [-0.2, -0.15) is 8.42 Å². The van der Waals surface area contributed by atoms with Crippen molar-refractivity contribution in [1.82, 2.24) is 0 Å². The third-order valence-corrected chi connectivity index (χ3v) is 6.52. The van der Waals surface area contributed by atoms with Gasteiger partial charge < -0.3 is 22.5 Å². The van der Waals surface area contributed by atoms with Crippen LogP contribution in [0.1, 0.15) is 0 Å². The maximum absolute atomic E-state index is 12.8. The van der Waals surface area contributed by atoms with Crippen molar-refractivity contribution in [3.05, 3.63) is 83.2 Å². The smallest absolute Gasteiger partial charge is 0.339 e. The Labute approximate surface area is 194 Å². The normalized spacial score (nSPS) is 11.6. The van der Waals surface area contributed by atoms with Gasteiger partial charge in [-0.15, -0.1) is 0 Å². The van der Waals surface area contributed by atoms with Crippen molar-refractivity contribution in [1.29, 1.82) is 0 Å². The minimum Gasteiger partial charge on any atom is -0.497 e. The number of hydrogen-bond donors (Lipinski definition) is 0. The Morgan fingerprint density at radius 2 is 1.56 bits per heavy atom. The van der Waals surface area contributed by atoms with Gasteiger partial charge >= 0.3 is 15.7 Å². The van der Waals surface area contributed by atoms with E-state index in [2.05, 4.69) is 0 Å². The van der Waals surface area contributed by atoms with E-state index in [-0.39, 0.29) is 16.2 Å². The molecule has 0 spiro atoms. The summed E-state index contributed by atoms with van der Waals surface area (Å²) in [6, 6.07) is 18.7. The van der Waals surface area contributed by atoms with Crippen LogP contribution >= 0.6 is 0 Å². The topological polar surface area (TPSA) is 105 Å². The number of fused-ring (bicyclic) bond motifs is 2. The van der Waals surface area contributed by atoms with E-state index in [0.717, 1.165) is 5.39 Å². The zero-order chi connectivity index (χ0) is 23.9. The lowest BCUT2D eigenvalue weighted by Gasteiger charge is -2.09. The molecule has 172 valence electrons. The number of furan rings is 1. The Bertz CT molecular complexity index is 1680. The molecule has 9 heteroatoms. The highest BCUT2D eigenvalue weighted by molar-refractivity contribution is 7.87. The second-order valence-corrected chi connectivity index (χ2v) is 8.89. The number of methoxy groups -OCH3 is 2. The van der Waals surface area contributed by atoms with Crippen LogP contribution < -0.4 is 19.3 Å². The van der Waals surface area contributed by atoms with Gasteiger partial charge in [-0.3, -0.25) is 0 Å². The Morgan fingerprint density at radius 1 is 0.794 bits per heavy atom. The number of hydrogen-bond acceptors (Lipinski definition) is 8. The molecule has 0 aliphatic carbocycles. The van der Waals surface area contributed by atoms with Crippen molar-refractivity contribution in [2.45, 2.75) is 4.90 Å². The monoisotopic (exact) mass is 478 g/mol. The summed E-state index contributed by atoms with van der Waals surface area (Å²) in [5.41, 5.74) is 0.631. The Hall–Kier alpha value is -4.24. The summed E-state index contributed by atoms with van der Waals surface area (Å²) in [5.74, 6) is 1.51. The molecule has 8 nitrogen and oxygen atoms in total. The molecule has 0 atom stereocenters. The Balaban J connectivity index is 1.60. The van der Waals surface area contributed by atoms with Crippen LogP contribution in [0.25, 0.3) is 33.3 Å². The van der Waals surface area contributed by atoms with Gasteiger partial charge in [-0.25, -0.2) is 4.79 Å². The van der Waals surface area contributed by atoms with E-state index in [4.69, 9.17) is 22.5 Å². The van der Waals surface area contributed by atoms with Crippen molar-refractivity contribution >= 4 is 32.1 Å². The molecule has 0 radical (unpaired) electrons. The van der Waals surface area contributed by atoms with Gasteiger partial charge in [0.1, 0.15) is 27.7 Å². The highest BCUT2D eigenvalue weighted by atomic mass is 32.2. The first kappa shape index (κ1) is 21.6. The summed E-state index contributed by atoms with van der Waals surface area (Å²) >= 11 is 0. The molecule has 0 bridgehead atoms. The van der Waals surface area contributed by atoms with Crippen LogP contribution in [-0.4, -0.2) is 22.6 Å². The van der Waals surface area contributed by atoms with Crippen LogP contribution in [0.2, 0.25) is 0 Å². The van der Waals surface area contributed by atoms with E-state index >= 15 is 0 Å². The maximum atomic E-state index is 12.8. The van der Waals surface area contributed by atoms with Gasteiger partial charge in [0.2, 0.25) is 0 Å². The molecule has 2 heterocycles. The number of ether oxygens (including phenoxy) is 2. The molecule has 2 aromatic heterocycles. The largest absolute Gasteiger partial charge is 0.497 e. The molecule has 0 unspecified atom stereocenters. The lowest BCUT2D eigenvalue weighted by molar-refractivity contribution is 0.411. The highest BCUT2D eigenvalue weighted by Gasteiger charge is 2.19. The summed E-state index contributed by atoms with van der Waals surface area (Å²) in [6.45, 7) is 0. The average molecular weight is 478 g/mol. The molecule has 0 fully saturated rings. The summed E-state index contributed by atoms with van der Waals surface area (Å²) in [5, 5.41) is 1.23. The van der Waals surface area contributed by atoms with E-state index in [0.29, 0.717) is 33.8 Å². The van der Waals surface area contributed by atoms with Gasteiger partial charge in [0.05, 0.1) is 14.2 Å². The molecule has 5 rings (SSSR count). The van der Waals surface area contributed by atoms with Gasteiger partial charge in [-0.1, -0.05) is 12.1 Å². The van der Waals surface area contributed by atoms with Crippen LogP contribution in [0.4, 0.5) is 0 Å². The molecule has 34 heavy (non-hydrogen) atoms. The van der Waals surface area contributed by atoms with Gasteiger partial charge in [-0.05, 0) is 54.6 Å². The van der Waals surface area contributed by atoms with Crippen molar-refractivity contribution < 1.29 is 30.9 Å². The Kier molecular flexibility index (Phi) is 5.25. The van der Waals surface area contributed by atoms with E-state index in [1.54, 1.807) is 12.1 Å². The highest BCUT2D eigenvalue weighted by Crippen LogP contribution is 2.37. The average Bonchev–Trinajstić information content (AvgIpc) is 3.28. The number of benzene rings is 3. The second kappa shape index (κ2) is 8.27. The van der Waals surface area contributed by atoms with Crippen LogP contribution in [0.3, 0.4) is 0 Å². The first-order chi connectivity index (χ1) is 16.4. The predicted molar refractivity (Wildman–Crippen MR) is 125 cm³/mol. The van der Waals surface area contributed by atoms with Gasteiger partial charge in [0.25, 0.3) is 0 Å². The minimum absolute atomic E-state index is 0.0300. The lowest BCUT2D eigenvalue weighted by atomic mass is 10.1. The van der Waals surface area contributed by atoms with Gasteiger partial charge in [0.15, 0.2) is 11.3 Å². The predicted octanol–water partition coefficient (Wildman–Crippen LogP) is 4.99. The van der Waals surface area contributed by atoms with Crippen LogP contribution in [-0.2, 0) is 10.1 Å². The fourth-order valence-corrected chi connectivity index (χ4v) is 4.57. The summed E-state index contributed by atoms with van der Waals surface area (Å²) in [6.07, 6.45) is 0. The summed E-state index contributed by atoms with van der Waals surface area (Å²) < 4.78 is 52.6. The first-order valence-electron chi connectivity index (χ1n) is 10.1. The van der Waals surface area contributed by atoms with E-state index in [1.807, 2.05) is 12.1 Å². The standard InChI is InChI=1S/C25H18O8S/c1-29-16-6-9-18(10-7-16)34(27,28)33-17-8-11-21-19(13-17)20(14-24(26)31-21)23-12-15-4-3-5-22(30-2)25(15)32-23/h3-14H,1-2H3. The number of para-hydroxylation sites is 1. The molecule has 3 aromatic carbocycles. The Morgan fingerprint density at radius 3 is 2.29 bits per heavy atom. The molecule has 5 aromatic rings. The van der Waals surface area contributed by atoms with Crippen LogP contribution in [0.15, 0.2) is 91.3 Å². The minimum atomic E-state index is -4.11. The maximum Gasteiger partial charge on any atom is 0.339 e. The molecule has 0 aliphatic rings.